The van der Waals surface area contributed by atoms with E-state index in [0.29, 0.717) is 0 Å². The first-order valence-electron chi connectivity index (χ1n) is 5.32. The van der Waals surface area contributed by atoms with Crippen molar-refractivity contribution in [3.8, 4) is 0 Å². The van der Waals surface area contributed by atoms with Gasteiger partial charge in [0.25, 0.3) is 0 Å². The maximum atomic E-state index is 2.08. The lowest BCUT2D eigenvalue weighted by atomic mass is 10.3. The van der Waals surface area contributed by atoms with Crippen molar-refractivity contribution >= 4 is 5.52 Å². The molecule has 0 saturated carbocycles. The average molecular weight is 190 g/mol. The molecule has 0 aliphatic carbocycles. The molecule has 2 heterocycles. The van der Waals surface area contributed by atoms with Crippen molar-refractivity contribution < 1.29 is 4.40 Å². The Hall–Kier alpha value is -1.37. The fourth-order valence-corrected chi connectivity index (χ4v) is 1.04. The standard InChI is InChI=1S/C9H8N.2C2H6/c1-3-7-10-8-4-2-6-9(10)5-1;2*1-2/h1-8H;2*1-2H3/q+1;;. The smallest absolute Gasteiger partial charge is 0.167 e. The maximum Gasteiger partial charge on any atom is 0.210 e. The zero-order valence-electron chi connectivity index (χ0n) is 9.57. The summed E-state index contributed by atoms with van der Waals surface area (Å²) in [5, 5.41) is 0. The molecule has 0 amide bonds. The van der Waals surface area contributed by atoms with Gasteiger partial charge in [-0.1, -0.05) is 27.7 Å². The SMILES string of the molecule is CC.CC.c1cc[n+]2ccccc2c1. The third-order valence-corrected chi connectivity index (χ3v) is 1.55. The summed E-state index contributed by atoms with van der Waals surface area (Å²) in [6, 6.07) is 12.3. The molecule has 0 radical (unpaired) electrons. The molecule has 0 bridgehead atoms. The van der Waals surface area contributed by atoms with Gasteiger partial charge >= 0.3 is 0 Å². The van der Waals surface area contributed by atoms with Crippen LogP contribution in [0.5, 0.6) is 0 Å². The fourth-order valence-electron chi connectivity index (χ4n) is 1.04. The molecule has 0 aliphatic heterocycles. The normalized spacial score (nSPS) is 8.00. The van der Waals surface area contributed by atoms with Crippen LogP contribution >= 0.6 is 0 Å². The van der Waals surface area contributed by atoms with E-state index < -0.39 is 0 Å². The summed E-state index contributed by atoms with van der Waals surface area (Å²) in [4.78, 5) is 0. The van der Waals surface area contributed by atoms with E-state index in [1.54, 1.807) is 0 Å². The number of nitrogens with zero attached hydrogens (tertiary/aromatic N) is 1. The van der Waals surface area contributed by atoms with E-state index >= 15 is 0 Å². The van der Waals surface area contributed by atoms with Crippen molar-refractivity contribution in [1.82, 2.24) is 0 Å². The van der Waals surface area contributed by atoms with Crippen molar-refractivity contribution in [3.05, 3.63) is 48.8 Å². The molecule has 76 valence electrons. The van der Waals surface area contributed by atoms with Gasteiger partial charge in [-0.25, -0.2) is 0 Å². The largest absolute Gasteiger partial charge is 0.210 e. The molecule has 0 saturated heterocycles. The fraction of sp³-hybridized carbons (Fsp3) is 0.308. The number of fused-ring (bicyclic) bond motifs is 1. The van der Waals surface area contributed by atoms with Crippen LogP contribution in [0.4, 0.5) is 0 Å². The Kier molecular flexibility index (Phi) is 7.43. The van der Waals surface area contributed by atoms with E-state index in [1.807, 2.05) is 64.4 Å². The minimum absolute atomic E-state index is 1.23. The van der Waals surface area contributed by atoms with E-state index in [0.717, 1.165) is 0 Å². The highest BCUT2D eigenvalue weighted by molar-refractivity contribution is 5.36. The highest BCUT2D eigenvalue weighted by atomic mass is 14.8. The maximum absolute atomic E-state index is 2.08. The molecule has 1 heteroatoms. The Morgan fingerprint density at radius 2 is 1.14 bits per heavy atom. The van der Waals surface area contributed by atoms with Crippen LogP contribution in [0.3, 0.4) is 0 Å². The lowest BCUT2D eigenvalue weighted by Crippen LogP contribution is -2.18. The summed E-state index contributed by atoms with van der Waals surface area (Å²) in [6.45, 7) is 8.00. The molecular formula is C13H20N+. The first-order valence-corrected chi connectivity index (χ1v) is 5.32. The molecule has 0 fully saturated rings. The van der Waals surface area contributed by atoms with Crippen molar-refractivity contribution in [1.29, 1.82) is 0 Å². The Labute approximate surface area is 87.0 Å². The molecular weight excluding hydrogens is 170 g/mol. The zero-order valence-corrected chi connectivity index (χ0v) is 9.57. The second-order valence-corrected chi connectivity index (χ2v) is 2.23. The van der Waals surface area contributed by atoms with Gasteiger partial charge < -0.3 is 0 Å². The van der Waals surface area contributed by atoms with Crippen molar-refractivity contribution in [2.45, 2.75) is 27.7 Å². The van der Waals surface area contributed by atoms with Gasteiger partial charge in [-0.05, 0) is 12.1 Å². The molecule has 2 aromatic rings. The molecule has 0 atom stereocenters. The zero-order chi connectivity index (χ0) is 10.8. The molecule has 2 aromatic heterocycles. The van der Waals surface area contributed by atoms with Gasteiger partial charge in [0, 0.05) is 24.3 Å². The van der Waals surface area contributed by atoms with E-state index in [2.05, 4.69) is 16.5 Å². The lowest BCUT2D eigenvalue weighted by Gasteiger charge is -1.85. The number of hydrogen-bond donors (Lipinski definition) is 0. The highest BCUT2D eigenvalue weighted by Crippen LogP contribution is 1.92. The Bertz CT molecular complexity index is 276. The third-order valence-electron chi connectivity index (χ3n) is 1.55. The van der Waals surface area contributed by atoms with Crippen LogP contribution in [0.25, 0.3) is 5.52 Å². The Balaban J connectivity index is 0.000000379. The van der Waals surface area contributed by atoms with E-state index in [1.165, 1.54) is 5.52 Å². The Morgan fingerprint density at radius 1 is 0.714 bits per heavy atom. The molecule has 0 aromatic carbocycles. The highest BCUT2D eigenvalue weighted by Gasteiger charge is 1.93. The summed E-state index contributed by atoms with van der Waals surface area (Å²) in [5.74, 6) is 0. The second-order valence-electron chi connectivity index (χ2n) is 2.23. The first kappa shape index (κ1) is 12.6. The average Bonchev–Trinajstić information content (AvgIpc) is 2.34. The molecule has 0 spiro atoms. The number of pyridine rings is 2. The second kappa shape index (κ2) is 8.24. The predicted octanol–water partition coefficient (Wildman–Crippen LogP) is 3.48. The minimum Gasteiger partial charge on any atom is -0.167 e. The monoisotopic (exact) mass is 190 g/mol. The van der Waals surface area contributed by atoms with Gasteiger partial charge in [0.2, 0.25) is 5.52 Å². The third kappa shape index (κ3) is 3.56. The Morgan fingerprint density at radius 3 is 1.50 bits per heavy atom. The quantitative estimate of drug-likeness (QED) is 0.560. The van der Waals surface area contributed by atoms with Crippen LogP contribution in [-0.4, -0.2) is 0 Å². The van der Waals surface area contributed by atoms with Crippen molar-refractivity contribution in [2.75, 3.05) is 0 Å². The van der Waals surface area contributed by atoms with E-state index in [-0.39, 0.29) is 0 Å². The van der Waals surface area contributed by atoms with Crippen LogP contribution in [0.2, 0.25) is 0 Å². The van der Waals surface area contributed by atoms with Gasteiger partial charge in [-0.2, -0.15) is 4.40 Å². The van der Waals surface area contributed by atoms with Gasteiger partial charge in [-0.15, -0.1) is 0 Å². The summed E-state index contributed by atoms with van der Waals surface area (Å²) >= 11 is 0. The predicted molar refractivity (Wildman–Crippen MR) is 62.3 cm³/mol. The summed E-state index contributed by atoms with van der Waals surface area (Å²) < 4.78 is 2.08. The van der Waals surface area contributed by atoms with Crippen molar-refractivity contribution in [3.63, 3.8) is 0 Å². The molecule has 0 unspecified atom stereocenters. The van der Waals surface area contributed by atoms with E-state index in [4.69, 9.17) is 0 Å². The number of aromatic nitrogens is 1. The van der Waals surface area contributed by atoms with Crippen LogP contribution < -0.4 is 4.40 Å². The van der Waals surface area contributed by atoms with Gasteiger partial charge in [0.1, 0.15) is 0 Å². The topological polar surface area (TPSA) is 4.10 Å². The van der Waals surface area contributed by atoms with Crippen LogP contribution in [0, 0.1) is 0 Å². The molecule has 14 heavy (non-hydrogen) atoms. The van der Waals surface area contributed by atoms with Crippen LogP contribution in [-0.2, 0) is 0 Å². The molecule has 2 rings (SSSR count). The summed E-state index contributed by atoms with van der Waals surface area (Å²) in [6.07, 6.45) is 4.07. The minimum atomic E-state index is 1.23. The van der Waals surface area contributed by atoms with Crippen molar-refractivity contribution in [2.24, 2.45) is 0 Å². The van der Waals surface area contributed by atoms with Gasteiger partial charge in [0.05, 0.1) is 0 Å². The molecule has 0 N–H and O–H groups in total. The first-order chi connectivity index (χ1) is 6.97. The molecule has 1 nitrogen and oxygen atoms in total. The summed E-state index contributed by atoms with van der Waals surface area (Å²) in [5.41, 5.74) is 1.23. The van der Waals surface area contributed by atoms with Crippen LogP contribution in [0.15, 0.2) is 48.8 Å². The number of rotatable bonds is 0. The lowest BCUT2D eigenvalue weighted by molar-refractivity contribution is -0.511. The van der Waals surface area contributed by atoms with E-state index in [9.17, 15) is 0 Å². The van der Waals surface area contributed by atoms with Crippen LogP contribution in [0.1, 0.15) is 27.7 Å². The van der Waals surface area contributed by atoms with Gasteiger partial charge in [0.15, 0.2) is 12.4 Å². The number of hydrogen-bond acceptors (Lipinski definition) is 0. The van der Waals surface area contributed by atoms with Gasteiger partial charge in [-0.3, -0.25) is 0 Å². The molecule has 0 aliphatic rings. The summed E-state index contributed by atoms with van der Waals surface area (Å²) in [7, 11) is 0.